The molecule has 2 N–H and O–H groups in total. The summed E-state index contributed by atoms with van der Waals surface area (Å²) in [6.45, 7) is 1.97. The van der Waals surface area contributed by atoms with E-state index >= 15 is 0 Å². The largest absolute Gasteiger partial charge is 0.464 e. The number of carbonyl (C=O) groups excluding carboxylic acids is 2. The number of rotatable bonds is 7. The normalized spacial score (nSPS) is 11.9. The molecule has 3 aromatic rings. The number of amides is 1. The molecule has 0 aliphatic carbocycles. The molecule has 0 fully saturated rings. The summed E-state index contributed by atoms with van der Waals surface area (Å²) in [4.78, 5) is 27.7. The summed E-state index contributed by atoms with van der Waals surface area (Å²) in [6, 6.07) is 13.1. The number of hydrogen-bond donors (Lipinski definition) is 2. The van der Waals surface area contributed by atoms with Gasteiger partial charge in [0.25, 0.3) is 0 Å². The van der Waals surface area contributed by atoms with Crippen molar-refractivity contribution in [3.8, 4) is 0 Å². The average Bonchev–Trinajstić information content (AvgIpc) is 3.04. The molecule has 6 heteroatoms. The van der Waals surface area contributed by atoms with Crippen molar-refractivity contribution >= 4 is 22.8 Å². The van der Waals surface area contributed by atoms with E-state index in [-0.39, 0.29) is 24.8 Å². The Kier molecular flexibility index (Phi) is 5.86. The Labute approximate surface area is 156 Å². The third-order valence-electron chi connectivity index (χ3n) is 4.27. The van der Waals surface area contributed by atoms with E-state index in [1.807, 2.05) is 30.3 Å². The van der Waals surface area contributed by atoms with E-state index in [0.717, 1.165) is 16.5 Å². The quantitative estimate of drug-likeness (QED) is 0.630. The third-order valence-corrected chi connectivity index (χ3v) is 4.27. The van der Waals surface area contributed by atoms with Crippen molar-refractivity contribution in [2.75, 3.05) is 6.61 Å². The molecule has 1 aromatic heterocycles. The van der Waals surface area contributed by atoms with Crippen molar-refractivity contribution in [1.82, 2.24) is 10.3 Å². The zero-order chi connectivity index (χ0) is 19.2. The highest BCUT2D eigenvalue weighted by Crippen LogP contribution is 2.19. The molecule has 1 unspecified atom stereocenters. The van der Waals surface area contributed by atoms with Crippen LogP contribution in [0.3, 0.4) is 0 Å². The van der Waals surface area contributed by atoms with Gasteiger partial charge < -0.3 is 15.0 Å². The molecule has 0 spiro atoms. The molecule has 3 rings (SSSR count). The number of benzene rings is 2. The van der Waals surface area contributed by atoms with E-state index < -0.39 is 12.0 Å². The lowest BCUT2D eigenvalue weighted by molar-refractivity contribution is -0.147. The van der Waals surface area contributed by atoms with Gasteiger partial charge in [0.2, 0.25) is 5.91 Å². The van der Waals surface area contributed by atoms with Crippen LogP contribution in [0.5, 0.6) is 0 Å². The fourth-order valence-corrected chi connectivity index (χ4v) is 3.01. The van der Waals surface area contributed by atoms with Crippen LogP contribution < -0.4 is 5.32 Å². The van der Waals surface area contributed by atoms with E-state index in [4.69, 9.17) is 4.74 Å². The van der Waals surface area contributed by atoms with Crippen molar-refractivity contribution in [2.24, 2.45) is 0 Å². The molecule has 0 bridgehead atoms. The minimum atomic E-state index is -0.762. The molecule has 27 heavy (non-hydrogen) atoms. The van der Waals surface area contributed by atoms with Gasteiger partial charge in [0.1, 0.15) is 11.9 Å². The number of fused-ring (bicyclic) bond motifs is 1. The minimum Gasteiger partial charge on any atom is -0.464 e. The van der Waals surface area contributed by atoms with Crippen LogP contribution in [0.4, 0.5) is 4.39 Å². The highest BCUT2D eigenvalue weighted by Gasteiger charge is 2.23. The van der Waals surface area contributed by atoms with Crippen LogP contribution in [0.2, 0.25) is 0 Å². The first-order valence-electron chi connectivity index (χ1n) is 8.82. The Bertz CT molecular complexity index is 937. The molecule has 1 heterocycles. The molecule has 0 aliphatic rings. The van der Waals surface area contributed by atoms with Gasteiger partial charge in [0, 0.05) is 23.5 Å². The fourth-order valence-electron chi connectivity index (χ4n) is 3.01. The average molecular weight is 368 g/mol. The van der Waals surface area contributed by atoms with Crippen molar-refractivity contribution < 1.29 is 18.7 Å². The van der Waals surface area contributed by atoms with Crippen LogP contribution in [0, 0.1) is 5.82 Å². The zero-order valence-corrected chi connectivity index (χ0v) is 15.0. The first kappa shape index (κ1) is 18.6. The molecule has 5 nitrogen and oxygen atoms in total. The summed E-state index contributed by atoms with van der Waals surface area (Å²) in [7, 11) is 0. The number of esters is 1. The van der Waals surface area contributed by atoms with Crippen LogP contribution in [0.15, 0.2) is 54.7 Å². The lowest BCUT2D eigenvalue weighted by Gasteiger charge is -2.17. The SMILES string of the molecule is CCOC(=O)C(Cc1ccccc1)NC(=O)Cc1c[nH]c2cc(F)ccc12. The zero-order valence-electron chi connectivity index (χ0n) is 15.0. The monoisotopic (exact) mass is 368 g/mol. The molecule has 1 amide bonds. The van der Waals surface area contributed by atoms with E-state index in [1.165, 1.54) is 12.1 Å². The second-order valence-corrected chi connectivity index (χ2v) is 6.24. The summed E-state index contributed by atoms with van der Waals surface area (Å²) < 4.78 is 18.4. The molecule has 140 valence electrons. The Balaban J connectivity index is 1.72. The lowest BCUT2D eigenvalue weighted by atomic mass is 10.1. The predicted octanol–water partition coefficient (Wildman–Crippen LogP) is 3.14. The second-order valence-electron chi connectivity index (χ2n) is 6.24. The summed E-state index contributed by atoms with van der Waals surface area (Å²) >= 11 is 0. The van der Waals surface area contributed by atoms with E-state index in [2.05, 4.69) is 10.3 Å². The smallest absolute Gasteiger partial charge is 0.328 e. The number of aromatic nitrogens is 1. The van der Waals surface area contributed by atoms with Gasteiger partial charge in [-0.3, -0.25) is 4.79 Å². The molecule has 2 aromatic carbocycles. The third kappa shape index (κ3) is 4.73. The fraction of sp³-hybridized carbons (Fsp3) is 0.238. The first-order valence-corrected chi connectivity index (χ1v) is 8.82. The van der Waals surface area contributed by atoms with Gasteiger partial charge >= 0.3 is 5.97 Å². The minimum absolute atomic E-state index is 0.0797. The molecule has 0 saturated carbocycles. The van der Waals surface area contributed by atoms with E-state index in [1.54, 1.807) is 19.2 Å². The maximum Gasteiger partial charge on any atom is 0.328 e. The highest BCUT2D eigenvalue weighted by atomic mass is 19.1. The summed E-state index contributed by atoms with van der Waals surface area (Å²) in [5.74, 6) is -1.10. The van der Waals surface area contributed by atoms with Gasteiger partial charge in [-0.05, 0) is 36.2 Å². The molecule has 0 radical (unpaired) electrons. The van der Waals surface area contributed by atoms with Crippen LogP contribution in [0.25, 0.3) is 10.9 Å². The summed E-state index contributed by atoms with van der Waals surface area (Å²) in [6.07, 6.45) is 2.11. The van der Waals surface area contributed by atoms with Crippen LogP contribution >= 0.6 is 0 Å². The molecule has 0 aliphatic heterocycles. The Morgan fingerprint density at radius 2 is 1.96 bits per heavy atom. The summed E-state index contributed by atoms with van der Waals surface area (Å²) in [5.41, 5.74) is 2.30. The number of ether oxygens (including phenoxy) is 1. The van der Waals surface area contributed by atoms with Gasteiger partial charge in [-0.25, -0.2) is 9.18 Å². The van der Waals surface area contributed by atoms with Crippen molar-refractivity contribution in [3.63, 3.8) is 0 Å². The molecule has 0 saturated heterocycles. The number of hydrogen-bond acceptors (Lipinski definition) is 3. The standard InChI is InChI=1S/C21H21FN2O3/c1-2-27-21(26)19(10-14-6-4-3-5-7-14)24-20(25)11-15-13-23-18-12-16(22)8-9-17(15)18/h3-9,12-13,19,23H,2,10-11H2,1H3,(H,24,25). The van der Waals surface area contributed by atoms with Crippen molar-refractivity contribution in [2.45, 2.75) is 25.8 Å². The molecule has 1 atom stereocenters. The number of nitrogens with one attached hydrogen (secondary N) is 2. The molecular weight excluding hydrogens is 347 g/mol. The lowest BCUT2D eigenvalue weighted by Crippen LogP contribution is -2.44. The number of carbonyl (C=O) groups is 2. The van der Waals surface area contributed by atoms with Crippen LogP contribution in [-0.2, 0) is 27.2 Å². The van der Waals surface area contributed by atoms with Gasteiger partial charge in [-0.2, -0.15) is 0 Å². The second kappa shape index (κ2) is 8.49. The highest BCUT2D eigenvalue weighted by molar-refractivity contribution is 5.91. The number of H-pyrrole nitrogens is 1. The topological polar surface area (TPSA) is 71.2 Å². The maximum atomic E-state index is 13.3. The number of halogens is 1. The Morgan fingerprint density at radius 3 is 2.70 bits per heavy atom. The Hall–Kier alpha value is -3.15. The summed E-state index contributed by atoms with van der Waals surface area (Å²) in [5, 5.41) is 3.54. The van der Waals surface area contributed by atoms with Gasteiger partial charge in [-0.1, -0.05) is 30.3 Å². The van der Waals surface area contributed by atoms with Gasteiger partial charge in [0.15, 0.2) is 0 Å². The van der Waals surface area contributed by atoms with E-state index in [0.29, 0.717) is 11.9 Å². The number of aromatic amines is 1. The van der Waals surface area contributed by atoms with Crippen molar-refractivity contribution in [1.29, 1.82) is 0 Å². The van der Waals surface area contributed by atoms with Gasteiger partial charge in [-0.15, -0.1) is 0 Å². The molecular formula is C21H21FN2O3. The first-order chi connectivity index (χ1) is 13.1. The maximum absolute atomic E-state index is 13.3. The Morgan fingerprint density at radius 1 is 1.19 bits per heavy atom. The van der Waals surface area contributed by atoms with Crippen LogP contribution in [0.1, 0.15) is 18.1 Å². The van der Waals surface area contributed by atoms with Crippen molar-refractivity contribution in [3.05, 3.63) is 71.7 Å². The van der Waals surface area contributed by atoms with Gasteiger partial charge in [0.05, 0.1) is 13.0 Å². The van der Waals surface area contributed by atoms with E-state index in [9.17, 15) is 14.0 Å². The van der Waals surface area contributed by atoms with Crippen LogP contribution in [-0.4, -0.2) is 29.5 Å². The predicted molar refractivity (Wildman–Crippen MR) is 101 cm³/mol.